The van der Waals surface area contributed by atoms with Gasteiger partial charge in [0.15, 0.2) is 0 Å². The Balaban J connectivity index is 2.68. The number of methoxy groups -OCH3 is 2. The number of rotatable bonds is 2. The van der Waals surface area contributed by atoms with Gasteiger partial charge in [-0.25, -0.2) is 0 Å². The summed E-state index contributed by atoms with van der Waals surface area (Å²) in [5.41, 5.74) is 0. The Morgan fingerprint density at radius 2 is 1.86 bits per heavy atom. The second-order valence-corrected chi connectivity index (χ2v) is 4.34. The van der Waals surface area contributed by atoms with E-state index in [2.05, 4.69) is 9.47 Å². The minimum absolute atomic E-state index is 0.312. The second-order valence-electron chi connectivity index (χ2n) is 3.09. The van der Waals surface area contributed by atoms with Crippen molar-refractivity contribution in [1.29, 1.82) is 0 Å². The van der Waals surface area contributed by atoms with E-state index in [1.54, 1.807) is 0 Å². The molecular formula is C9H14O4S. The average molecular weight is 218 g/mol. The van der Waals surface area contributed by atoms with Crippen LogP contribution in [0.1, 0.15) is 12.8 Å². The Hall–Kier alpha value is -0.710. The first-order valence-electron chi connectivity index (χ1n) is 4.48. The van der Waals surface area contributed by atoms with Crippen molar-refractivity contribution in [1.82, 2.24) is 0 Å². The molecule has 0 N–H and O–H groups in total. The van der Waals surface area contributed by atoms with Gasteiger partial charge >= 0.3 is 11.9 Å². The number of thioether (sulfide) groups is 1. The summed E-state index contributed by atoms with van der Waals surface area (Å²) in [5, 5.41) is -0.388. The van der Waals surface area contributed by atoms with E-state index in [9.17, 15) is 9.59 Å². The summed E-state index contributed by atoms with van der Waals surface area (Å²) in [4.78, 5) is 22.7. The maximum Gasteiger partial charge on any atom is 0.319 e. The standard InChI is InChI=1S/C9H14O4S/c1-12-8(10)6-4-3-5-14-7(6)9(11)13-2/h6-7H,3-5H2,1-2H3/t6-,7+/m0/s1. The molecule has 4 nitrogen and oxygen atoms in total. The molecule has 1 aliphatic rings. The van der Waals surface area contributed by atoms with Crippen molar-refractivity contribution in [2.75, 3.05) is 20.0 Å². The van der Waals surface area contributed by atoms with Gasteiger partial charge in [0.05, 0.1) is 20.1 Å². The van der Waals surface area contributed by atoms with Gasteiger partial charge in [-0.2, -0.15) is 0 Å². The smallest absolute Gasteiger partial charge is 0.319 e. The molecule has 0 aliphatic carbocycles. The van der Waals surface area contributed by atoms with Crippen molar-refractivity contribution in [3.05, 3.63) is 0 Å². The molecule has 2 atom stereocenters. The summed E-state index contributed by atoms with van der Waals surface area (Å²) in [5.74, 6) is -0.0864. The van der Waals surface area contributed by atoms with Crippen LogP contribution >= 0.6 is 11.8 Å². The summed E-state index contributed by atoms with van der Waals surface area (Å²) in [6.45, 7) is 0. The van der Waals surface area contributed by atoms with Crippen LogP contribution in [0.15, 0.2) is 0 Å². The molecule has 0 aromatic heterocycles. The molecule has 0 radical (unpaired) electrons. The topological polar surface area (TPSA) is 52.6 Å². The van der Waals surface area contributed by atoms with Crippen molar-refractivity contribution in [3.63, 3.8) is 0 Å². The maximum absolute atomic E-state index is 11.4. The van der Waals surface area contributed by atoms with Crippen LogP contribution in [-0.4, -0.2) is 37.2 Å². The molecule has 0 unspecified atom stereocenters. The molecule has 0 amide bonds. The SMILES string of the molecule is COC(=O)[C@H]1CCCS[C@H]1C(=O)OC. The summed E-state index contributed by atoms with van der Waals surface area (Å²) in [6, 6.07) is 0. The zero-order valence-corrected chi connectivity index (χ0v) is 9.13. The predicted octanol–water partition coefficient (Wildman–Crippen LogP) is 0.844. The van der Waals surface area contributed by atoms with Crippen LogP contribution in [0.25, 0.3) is 0 Å². The minimum Gasteiger partial charge on any atom is -0.469 e. The van der Waals surface area contributed by atoms with Crippen LogP contribution in [0.3, 0.4) is 0 Å². The highest BCUT2D eigenvalue weighted by molar-refractivity contribution is 8.00. The van der Waals surface area contributed by atoms with Crippen LogP contribution in [0, 0.1) is 5.92 Å². The molecule has 1 rings (SSSR count). The number of carbonyl (C=O) groups excluding carboxylic acids is 2. The summed E-state index contributed by atoms with van der Waals surface area (Å²) in [7, 11) is 2.68. The highest BCUT2D eigenvalue weighted by Crippen LogP contribution is 2.32. The summed E-state index contributed by atoms with van der Waals surface area (Å²) >= 11 is 1.47. The van der Waals surface area contributed by atoms with Crippen molar-refractivity contribution in [2.45, 2.75) is 18.1 Å². The van der Waals surface area contributed by atoms with E-state index in [1.807, 2.05) is 0 Å². The van der Waals surface area contributed by atoms with Gasteiger partial charge in [0.25, 0.3) is 0 Å². The van der Waals surface area contributed by atoms with Crippen molar-refractivity contribution in [2.24, 2.45) is 5.92 Å². The average Bonchev–Trinajstić information content (AvgIpc) is 2.27. The third kappa shape index (κ3) is 2.41. The molecule has 1 fully saturated rings. The lowest BCUT2D eigenvalue weighted by Gasteiger charge is -2.26. The summed E-state index contributed by atoms with van der Waals surface area (Å²) < 4.78 is 9.30. The number of hydrogen-bond donors (Lipinski definition) is 0. The fourth-order valence-electron chi connectivity index (χ4n) is 1.52. The Morgan fingerprint density at radius 1 is 1.21 bits per heavy atom. The molecule has 0 saturated carbocycles. The minimum atomic E-state index is -0.388. The van der Waals surface area contributed by atoms with Gasteiger partial charge in [-0.05, 0) is 18.6 Å². The van der Waals surface area contributed by atoms with E-state index in [-0.39, 0.29) is 23.1 Å². The van der Waals surface area contributed by atoms with E-state index in [4.69, 9.17) is 0 Å². The quantitative estimate of drug-likeness (QED) is 0.643. The Kier molecular flexibility index (Phi) is 4.25. The van der Waals surface area contributed by atoms with Gasteiger partial charge < -0.3 is 9.47 Å². The zero-order valence-electron chi connectivity index (χ0n) is 8.32. The second kappa shape index (κ2) is 5.24. The van der Waals surface area contributed by atoms with Crippen molar-refractivity contribution >= 4 is 23.7 Å². The lowest BCUT2D eigenvalue weighted by molar-refractivity contribution is -0.151. The molecule has 1 aliphatic heterocycles. The number of hydrogen-bond acceptors (Lipinski definition) is 5. The number of carbonyl (C=O) groups is 2. The monoisotopic (exact) mass is 218 g/mol. The largest absolute Gasteiger partial charge is 0.469 e. The molecule has 0 aromatic rings. The van der Waals surface area contributed by atoms with E-state index < -0.39 is 0 Å². The van der Waals surface area contributed by atoms with E-state index in [0.29, 0.717) is 6.42 Å². The first kappa shape index (κ1) is 11.4. The van der Waals surface area contributed by atoms with Gasteiger partial charge in [-0.3, -0.25) is 9.59 Å². The highest BCUT2D eigenvalue weighted by Gasteiger charge is 2.37. The molecule has 1 heterocycles. The molecule has 5 heteroatoms. The highest BCUT2D eigenvalue weighted by atomic mass is 32.2. The van der Waals surface area contributed by atoms with E-state index >= 15 is 0 Å². The Labute approximate surface area is 87.3 Å². The number of ether oxygens (including phenoxy) is 2. The van der Waals surface area contributed by atoms with Crippen LogP contribution < -0.4 is 0 Å². The van der Waals surface area contributed by atoms with E-state index in [1.165, 1.54) is 26.0 Å². The van der Waals surface area contributed by atoms with Crippen LogP contribution in [-0.2, 0) is 19.1 Å². The normalized spacial score (nSPS) is 26.7. The van der Waals surface area contributed by atoms with Crippen molar-refractivity contribution < 1.29 is 19.1 Å². The Morgan fingerprint density at radius 3 is 2.43 bits per heavy atom. The van der Waals surface area contributed by atoms with Crippen molar-refractivity contribution in [3.8, 4) is 0 Å². The van der Waals surface area contributed by atoms with Gasteiger partial charge in [-0.1, -0.05) is 0 Å². The van der Waals surface area contributed by atoms with Gasteiger partial charge in [0.2, 0.25) is 0 Å². The molecule has 0 bridgehead atoms. The lowest BCUT2D eigenvalue weighted by Crippen LogP contribution is -2.36. The molecular weight excluding hydrogens is 204 g/mol. The first-order chi connectivity index (χ1) is 6.70. The third-order valence-corrected chi connectivity index (χ3v) is 3.66. The maximum atomic E-state index is 11.4. The molecule has 0 spiro atoms. The molecule has 80 valence electrons. The predicted molar refractivity (Wildman–Crippen MR) is 53.0 cm³/mol. The fraction of sp³-hybridized carbons (Fsp3) is 0.778. The van der Waals surface area contributed by atoms with Gasteiger partial charge in [0, 0.05) is 0 Å². The molecule has 14 heavy (non-hydrogen) atoms. The first-order valence-corrected chi connectivity index (χ1v) is 5.53. The van der Waals surface area contributed by atoms with Crippen LogP contribution in [0.2, 0.25) is 0 Å². The third-order valence-electron chi connectivity index (χ3n) is 2.26. The van der Waals surface area contributed by atoms with E-state index in [0.717, 1.165) is 12.2 Å². The summed E-state index contributed by atoms with van der Waals surface area (Å²) in [6.07, 6.45) is 1.65. The van der Waals surface area contributed by atoms with Gasteiger partial charge in [0.1, 0.15) is 5.25 Å². The number of esters is 2. The molecule has 1 saturated heterocycles. The Bertz CT molecular complexity index is 205. The zero-order chi connectivity index (χ0) is 10.6. The van der Waals surface area contributed by atoms with Crippen LogP contribution in [0.4, 0.5) is 0 Å². The van der Waals surface area contributed by atoms with Crippen LogP contribution in [0.5, 0.6) is 0 Å². The molecule has 0 aromatic carbocycles. The van der Waals surface area contributed by atoms with Gasteiger partial charge in [-0.15, -0.1) is 11.8 Å². The lowest BCUT2D eigenvalue weighted by atomic mass is 9.99. The fourth-order valence-corrected chi connectivity index (χ4v) is 2.82.